The van der Waals surface area contributed by atoms with Crippen molar-refractivity contribution in [3.63, 3.8) is 0 Å². The third-order valence-corrected chi connectivity index (χ3v) is 7.41. The molecule has 1 N–H and O–H groups in total. The number of ether oxygens (including phenoxy) is 1. The van der Waals surface area contributed by atoms with Crippen LogP contribution in [0.2, 0.25) is 5.02 Å². The highest BCUT2D eigenvalue weighted by molar-refractivity contribution is 9.10. The summed E-state index contributed by atoms with van der Waals surface area (Å²) in [5.41, 5.74) is 3.10. The Balaban J connectivity index is 1.23. The second-order valence-corrected chi connectivity index (χ2v) is 10.9. The van der Waals surface area contributed by atoms with Crippen LogP contribution in [0, 0.1) is 11.7 Å². The summed E-state index contributed by atoms with van der Waals surface area (Å²) in [6.45, 7) is 4.35. The maximum absolute atomic E-state index is 13.1. The number of carbonyl (C=O) groups excluding carboxylic acids is 1. The molecule has 0 aliphatic carbocycles. The molecule has 1 aliphatic rings. The van der Waals surface area contributed by atoms with Gasteiger partial charge in [0.2, 0.25) is 0 Å². The quantitative estimate of drug-likeness (QED) is 0.297. The van der Waals surface area contributed by atoms with Crippen LogP contribution in [-0.2, 0) is 19.7 Å². The number of benzene rings is 3. The molecule has 0 bridgehead atoms. The maximum atomic E-state index is 13.1. The van der Waals surface area contributed by atoms with Gasteiger partial charge in [-0.05, 0) is 85.4 Å². The lowest BCUT2D eigenvalue weighted by atomic mass is 9.96. The first-order valence-corrected chi connectivity index (χ1v) is 13.6. The molecule has 0 atom stereocenters. The normalized spacial score (nSPS) is 14.4. The van der Waals surface area contributed by atoms with Crippen molar-refractivity contribution in [1.29, 1.82) is 0 Å². The highest BCUT2D eigenvalue weighted by atomic mass is 79.9. The van der Waals surface area contributed by atoms with Gasteiger partial charge in [0.1, 0.15) is 18.2 Å². The van der Waals surface area contributed by atoms with Crippen LogP contribution in [0.5, 0.6) is 5.75 Å². The van der Waals surface area contributed by atoms with Crippen molar-refractivity contribution in [2.75, 3.05) is 26.7 Å². The number of rotatable bonds is 9. The Morgan fingerprint density at radius 3 is 2.46 bits per heavy atom. The van der Waals surface area contributed by atoms with E-state index in [0.717, 1.165) is 65.9 Å². The third kappa shape index (κ3) is 8.45. The minimum absolute atomic E-state index is 0.108. The molecule has 4 rings (SSSR count). The summed E-state index contributed by atoms with van der Waals surface area (Å²) in [6, 6.07) is 19.9. The third-order valence-electron chi connectivity index (χ3n) is 6.67. The van der Waals surface area contributed by atoms with Crippen LogP contribution < -0.4 is 10.1 Å². The van der Waals surface area contributed by atoms with E-state index in [1.807, 2.05) is 43.4 Å². The summed E-state index contributed by atoms with van der Waals surface area (Å²) in [5, 5.41) is 3.63. The minimum atomic E-state index is -0.278. The van der Waals surface area contributed by atoms with Crippen LogP contribution in [0.25, 0.3) is 0 Å². The van der Waals surface area contributed by atoms with Gasteiger partial charge in [0.15, 0.2) is 0 Å². The van der Waals surface area contributed by atoms with Crippen molar-refractivity contribution >= 4 is 33.6 Å². The molecule has 1 saturated heterocycles. The monoisotopic (exact) mass is 587 g/mol. The van der Waals surface area contributed by atoms with Gasteiger partial charge in [-0.25, -0.2) is 9.18 Å². The summed E-state index contributed by atoms with van der Waals surface area (Å²) in [4.78, 5) is 16.7. The minimum Gasteiger partial charge on any atom is -0.489 e. The topological polar surface area (TPSA) is 44.8 Å². The Kier molecular flexibility index (Phi) is 9.83. The predicted octanol–water partition coefficient (Wildman–Crippen LogP) is 6.87. The zero-order valence-corrected chi connectivity index (χ0v) is 23.3. The lowest BCUT2D eigenvalue weighted by molar-refractivity contribution is 0.148. The molecule has 3 aromatic rings. The number of carbonyl (C=O) groups is 1. The van der Waals surface area contributed by atoms with Gasteiger partial charge in [-0.1, -0.05) is 51.8 Å². The van der Waals surface area contributed by atoms with E-state index in [9.17, 15) is 9.18 Å². The van der Waals surface area contributed by atoms with Gasteiger partial charge in [0.25, 0.3) is 0 Å². The molecule has 8 heteroatoms. The largest absolute Gasteiger partial charge is 0.489 e. The fourth-order valence-electron chi connectivity index (χ4n) is 4.51. The van der Waals surface area contributed by atoms with Gasteiger partial charge in [-0.2, -0.15) is 0 Å². The summed E-state index contributed by atoms with van der Waals surface area (Å²) >= 11 is 9.59. The van der Waals surface area contributed by atoms with Crippen LogP contribution in [-0.4, -0.2) is 42.5 Å². The number of urea groups is 1. The van der Waals surface area contributed by atoms with Crippen molar-refractivity contribution in [3.05, 3.63) is 98.7 Å². The number of nitrogens with zero attached hydrogens (tertiary/aromatic N) is 2. The SMILES string of the molecule is CN(CC1CCN(Cc2cc(Br)ccc2OCc2ccc(Cl)cc2)CC1)C(=O)NCc1ccc(F)cc1. The summed E-state index contributed by atoms with van der Waals surface area (Å²) in [6.07, 6.45) is 2.06. The molecular formula is C29H32BrClFN3O2. The van der Waals surface area contributed by atoms with Crippen LogP contribution in [0.4, 0.5) is 9.18 Å². The van der Waals surface area contributed by atoms with Gasteiger partial charge in [-0.15, -0.1) is 0 Å². The zero-order valence-electron chi connectivity index (χ0n) is 20.9. The molecule has 5 nitrogen and oxygen atoms in total. The van der Waals surface area contributed by atoms with E-state index in [4.69, 9.17) is 16.3 Å². The van der Waals surface area contributed by atoms with Crippen molar-refractivity contribution in [1.82, 2.24) is 15.1 Å². The first kappa shape index (κ1) is 27.4. The molecule has 0 unspecified atom stereocenters. The molecule has 3 aromatic carbocycles. The standard InChI is InChI=1S/C29H32BrClFN3O2/c1-34(29(36)33-17-21-4-9-27(32)10-5-21)18-22-12-14-35(15-13-22)19-24-16-25(30)6-11-28(24)37-20-23-2-7-26(31)8-3-23/h2-11,16,22H,12-15,17-20H2,1H3,(H,33,36). The number of halogens is 3. The fraction of sp³-hybridized carbons (Fsp3) is 0.345. The Labute approximate surface area is 231 Å². The van der Waals surface area contributed by atoms with Gasteiger partial charge in [0, 0.05) is 41.7 Å². The first-order chi connectivity index (χ1) is 17.9. The average molecular weight is 589 g/mol. The van der Waals surface area contributed by atoms with E-state index in [1.165, 1.54) is 12.1 Å². The smallest absolute Gasteiger partial charge is 0.317 e. The highest BCUT2D eigenvalue weighted by Gasteiger charge is 2.23. The number of hydrogen-bond donors (Lipinski definition) is 1. The van der Waals surface area contributed by atoms with Gasteiger partial charge >= 0.3 is 6.03 Å². The van der Waals surface area contributed by atoms with Crippen LogP contribution >= 0.6 is 27.5 Å². The summed E-state index contributed by atoms with van der Waals surface area (Å²) in [7, 11) is 1.83. The Hall–Kier alpha value is -2.61. The van der Waals surface area contributed by atoms with Crippen molar-refractivity contribution in [2.45, 2.75) is 32.5 Å². The second-order valence-electron chi connectivity index (χ2n) is 9.55. The first-order valence-electron chi connectivity index (χ1n) is 12.5. The van der Waals surface area contributed by atoms with E-state index in [0.29, 0.717) is 24.1 Å². The Morgan fingerprint density at radius 1 is 1.08 bits per heavy atom. The van der Waals surface area contributed by atoms with E-state index in [1.54, 1.807) is 17.0 Å². The van der Waals surface area contributed by atoms with Crippen LogP contribution in [0.3, 0.4) is 0 Å². The second kappa shape index (κ2) is 13.3. The molecule has 1 heterocycles. The predicted molar refractivity (Wildman–Crippen MR) is 149 cm³/mol. The Morgan fingerprint density at radius 2 is 1.76 bits per heavy atom. The lowest BCUT2D eigenvalue weighted by Crippen LogP contribution is -2.42. The zero-order chi connectivity index (χ0) is 26.2. The van der Waals surface area contributed by atoms with E-state index >= 15 is 0 Å². The molecule has 0 aromatic heterocycles. The van der Waals surface area contributed by atoms with Gasteiger partial charge in [0.05, 0.1) is 0 Å². The molecule has 0 radical (unpaired) electrons. The molecule has 37 heavy (non-hydrogen) atoms. The van der Waals surface area contributed by atoms with Crippen LogP contribution in [0.1, 0.15) is 29.5 Å². The van der Waals surface area contributed by atoms with Crippen molar-refractivity contribution in [3.8, 4) is 5.75 Å². The van der Waals surface area contributed by atoms with E-state index in [2.05, 4.69) is 32.2 Å². The molecule has 2 amide bonds. The van der Waals surface area contributed by atoms with Crippen LogP contribution in [0.15, 0.2) is 71.2 Å². The maximum Gasteiger partial charge on any atom is 0.317 e. The number of piperidine rings is 1. The van der Waals surface area contributed by atoms with Gasteiger partial charge in [-0.3, -0.25) is 4.90 Å². The van der Waals surface area contributed by atoms with E-state index < -0.39 is 0 Å². The fourth-order valence-corrected chi connectivity index (χ4v) is 5.04. The number of amides is 2. The average Bonchev–Trinajstić information content (AvgIpc) is 2.90. The number of likely N-dealkylation sites (tertiary alicyclic amines) is 1. The lowest BCUT2D eigenvalue weighted by Gasteiger charge is -2.34. The molecule has 196 valence electrons. The molecule has 0 spiro atoms. The molecular weight excluding hydrogens is 557 g/mol. The summed E-state index contributed by atoms with van der Waals surface area (Å²) < 4.78 is 20.3. The number of hydrogen-bond acceptors (Lipinski definition) is 3. The Bertz CT molecular complexity index is 1170. The summed E-state index contributed by atoms with van der Waals surface area (Å²) in [5.74, 6) is 1.07. The number of nitrogens with one attached hydrogen (secondary N) is 1. The van der Waals surface area contributed by atoms with E-state index in [-0.39, 0.29) is 11.8 Å². The molecule has 1 fully saturated rings. The molecule has 1 aliphatic heterocycles. The highest BCUT2D eigenvalue weighted by Crippen LogP contribution is 2.28. The van der Waals surface area contributed by atoms with Crippen molar-refractivity contribution < 1.29 is 13.9 Å². The molecule has 0 saturated carbocycles. The van der Waals surface area contributed by atoms with Gasteiger partial charge < -0.3 is 15.0 Å². The van der Waals surface area contributed by atoms with Crippen molar-refractivity contribution in [2.24, 2.45) is 5.92 Å².